The topological polar surface area (TPSA) is 113 Å². The summed E-state index contributed by atoms with van der Waals surface area (Å²) in [7, 11) is 1.52. The molecule has 2 amide bonds. The monoisotopic (exact) mass is 372 g/mol. The van der Waals surface area contributed by atoms with Gasteiger partial charge in [0.1, 0.15) is 17.8 Å². The highest BCUT2D eigenvalue weighted by Gasteiger charge is 2.42. The quantitative estimate of drug-likeness (QED) is 0.778. The van der Waals surface area contributed by atoms with Gasteiger partial charge < -0.3 is 15.3 Å². The number of aromatic nitrogens is 4. The fourth-order valence-electron chi connectivity index (χ4n) is 3.41. The van der Waals surface area contributed by atoms with E-state index in [1.165, 1.54) is 16.6 Å². The molecule has 2 aromatic rings. The van der Waals surface area contributed by atoms with Crippen LogP contribution in [-0.2, 0) is 9.59 Å². The van der Waals surface area contributed by atoms with Crippen molar-refractivity contribution >= 4 is 11.8 Å². The van der Waals surface area contributed by atoms with E-state index >= 15 is 0 Å². The first-order valence-corrected chi connectivity index (χ1v) is 8.94. The SMILES string of the molecule is CNC(=O)C1CC(O)CN1C(=O)[C@H](C(C)C)n1cc(-c2cccnc2)nn1. The largest absolute Gasteiger partial charge is 0.391 e. The number of rotatable bonds is 5. The lowest BCUT2D eigenvalue weighted by molar-refractivity contribution is -0.142. The number of pyridine rings is 1. The Morgan fingerprint density at radius 3 is 2.78 bits per heavy atom. The van der Waals surface area contributed by atoms with Crippen LogP contribution in [0.5, 0.6) is 0 Å². The number of β-amino-alcohol motifs (C(OH)–C–C–N with tert-alkyl or cyclic N) is 1. The molecule has 0 aromatic carbocycles. The van der Waals surface area contributed by atoms with Crippen LogP contribution >= 0.6 is 0 Å². The van der Waals surface area contributed by atoms with E-state index in [0.29, 0.717) is 5.69 Å². The van der Waals surface area contributed by atoms with Crippen molar-refractivity contribution in [3.63, 3.8) is 0 Å². The van der Waals surface area contributed by atoms with Gasteiger partial charge in [-0.15, -0.1) is 5.10 Å². The normalized spacial score (nSPS) is 20.7. The zero-order valence-corrected chi connectivity index (χ0v) is 15.6. The van der Waals surface area contributed by atoms with Gasteiger partial charge >= 0.3 is 0 Å². The van der Waals surface area contributed by atoms with Gasteiger partial charge in [0.25, 0.3) is 0 Å². The van der Waals surface area contributed by atoms with E-state index in [-0.39, 0.29) is 30.7 Å². The molecule has 2 N–H and O–H groups in total. The molecule has 27 heavy (non-hydrogen) atoms. The van der Waals surface area contributed by atoms with Crippen molar-refractivity contribution in [2.24, 2.45) is 5.92 Å². The van der Waals surface area contributed by atoms with Gasteiger partial charge in [0.15, 0.2) is 0 Å². The highest BCUT2D eigenvalue weighted by atomic mass is 16.3. The summed E-state index contributed by atoms with van der Waals surface area (Å²) in [4.78, 5) is 30.9. The van der Waals surface area contributed by atoms with Crippen LogP contribution in [0.1, 0.15) is 26.3 Å². The van der Waals surface area contributed by atoms with Crippen molar-refractivity contribution in [1.82, 2.24) is 30.2 Å². The Balaban J connectivity index is 1.88. The van der Waals surface area contributed by atoms with Gasteiger partial charge in [-0.2, -0.15) is 0 Å². The molecule has 1 saturated heterocycles. The number of aliphatic hydroxyl groups excluding tert-OH is 1. The molecule has 1 aliphatic heterocycles. The van der Waals surface area contributed by atoms with E-state index in [1.807, 2.05) is 19.9 Å². The van der Waals surface area contributed by atoms with E-state index in [4.69, 9.17) is 0 Å². The summed E-state index contributed by atoms with van der Waals surface area (Å²) in [5, 5.41) is 20.9. The van der Waals surface area contributed by atoms with Gasteiger partial charge in [-0.05, 0) is 18.1 Å². The van der Waals surface area contributed by atoms with E-state index < -0.39 is 18.2 Å². The number of nitrogens with one attached hydrogen (secondary N) is 1. The lowest BCUT2D eigenvalue weighted by atomic mass is 10.0. The Labute approximate surface area is 157 Å². The third-order valence-electron chi connectivity index (χ3n) is 4.75. The van der Waals surface area contributed by atoms with Crippen LogP contribution < -0.4 is 5.32 Å². The molecule has 3 heterocycles. The van der Waals surface area contributed by atoms with E-state index in [1.54, 1.807) is 24.7 Å². The summed E-state index contributed by atoms with van der Waals surface area (Å²) in [6.07, 6.45) is 4.58. The fourth-order valence-corrected chi connectivity index (χ4v) is 3.41. The maximum atomic E-state index is 13.2. The Morgan fingerprint density at radius 2 is 2.15 bits per heavy atom. The average molecular weight is 372 g/mol. The van der Waals surface area contributed by atoms with Crippen molar-refractivity contribution in [2.45, 2.75) is 38.5 Å². The predicted octanol–water partition coefficient (Wildman–Crippen LogP) is 0.245. The summed E-state index contributed by atoms with van der Waals surface area (Å²) in [5.74, 6) is -0.612. The van der Waals surface area contributed by atoms with E-state index in [9.17, 15) is 14.7 Å². The minimum absolute atomic E-state index is 0.0796. The number of hydrogen-bond donors (Lipinski definition) is 2. The molecule has 0 aliphatic carbocycles. The van der Waals surface area contributed by atoms with Crippen molar-refractivity contribution in [2.75, 3.05) is 13.6 Å². The number of nitrogens with zero attached hydrogens (tertiary/aromatic N) is 5. The van der Waals surface area contributed by atoms with E-state index in [0.717, 1.165) is 5.56 Å². The van der Waals surface area contributed by atoms with E-state index in [2.05, 4.69) is 20.6 Å². The molecule has 0 saturated carbocycles. The first-order chi connectivity index (χ1) is 12.9. The summed E-state index contributed by atoms with van der Waals surface area (Å²) in [6.45, 7) is 3.95. The molecule has 3 rings (SSSR count). The second kappa shape index (κ2) is 7.83. The molecule has 0 bridgehead atoms. The summed E-state index contributed by atoms with van der Waals surface area (Å²) in [5.41, 5.74) is 1.42. The third-order valence-corrected chi connectivity index (χ3v) is 4.75. The summed E-state index contributed by atoms with van der Waals surface area (Å²) >= 11 is 0. The van der Waals surface area contributed by atoms with Gasteiger partial charge in [-0.25, -0.2) is 4.68 Å². The molecule has 3 atom stereocenters. The Kier molecular flexibility index (Phi) is 5.50. The van der Waals surface area contributed by atoms with Crippen LogP contribution in [0.25, 0.3) is 11.3 Å². The zero-order chi connectivity index (χ0) is 19.6. The molecule has 1 aliphatic rings. The van der Waals surface area contributed by atoms with Gasteiger partial charge in [0, 0.05) is 38.0 Å². The van der Waals surface area contributed by atoms with Crippen LogP contribution in [0.15, 0.2) is 30.7 Å². The fraction of sp³-hybridized carbons (Fsp3) is 0.500. The number of carbonyl (C=O) groups is 2. The van der Waals surface area contributed by atoms with Gasteiger partial charge in [-0.3, -0.25) is 14.6 Å². The second-order valence-electron chi connectivity index (χ2n) is 7.02. The third kappa shape index (κ3) is 3.82. The standard InChI is InChI=1S/C18H24N6O3/c1-11(2)16(18(27)23-9-13(25)7-15(23)17(26)19-3)24-10-14(21-22-24)12-5-4-6-20-8-12/h4-6,8,10-11,13,15-16,25H,7,9H2,1-3H3,(H,19,26)/t13?,15?,16-/m0/s1. The smallest absolute Gasteiger partial charge is 0.248 e. The highest BCUT2D eigenvalue weighted by molar-refractivity contribution is 5.90. The number of amides is 2. The zero-order valence-electron chi connectivity index (χ0n) is 15.6. The first-order valence-electron chi connectivity index (χ1n) is 8.94. The molecule has 1 fully saturated rings. The maximum Gasteiger partial charge on any atom is 0.248 e. The van der Waals surface area contributed by atoms with Crippen LogP contribution in [0.3, 0.4) is 0 Å². The molecule has 2 aromatic heterocycles. The second-order valence-corrected chi connectivity index (χ2v) is 7.02. The lowest BCUT2D eigenvalue weighted by Crippen LogP contribution is -2.48. The Morgan fingerprint density at radius 1 is 1.37 bits per heavy atom. The highest BCUT2D eigenvalue weighted by Crippen LogP contribution is 2.27. The number of likely N-dealkylation sites (tertiary alicyclic amines) is 1. The van der Waals surface area contributed by atoms with Crippen molar-refractivity contribution in [3.05, 3.63) is 30.7 Å². The van der Waals surface area contributed by atoms with Crippen molar-refractivity contribution in [1.29, 1.82) is 0 Å². The van der Waals surface area contributed by atoms with Crippen LogP contribution in [0, 0.1) is 5.92 Å². The van der Waals surface area contributed by atoms with Gasteiger partial charge in [0.05, 0.1) is 12.3 Å². The van der Waals surface area contributed by atoms with Crippen LogP contribution in [0.4, 0.5) is 0 Å². The van der Waals surface area contributed by atoms with Gasteiger partial charge in [0.2, 0.25) is 11.8 Å². The number of carbonyl (C=O) groups excluding carboxylic acids is 2. The molecular formula is C18H24N6O3. The predicted molar refractivity (Wildman–Crippen MR) is 97.3 cm³/mol. The molecule has 144 valence electrons. The molecule has 9 heteroatoms. The van der Waals surface area contributed by atoms with Crippen LogP contribution in [0.2, 0.25) is 0 Å². The molecule has 0 spiro atoms. The number of hydrogen-bond acceptors (Lipinski definition) is 6. The number of aliphatic hydroxyl groups is 1. The minimum Gasteiger partial charge on any atom is -0.391 e. The molecule has 9 nitrogen and oxygen atoms in total. The Bertz CT molecular complexity index is 806. The van der Waals surface area contributed by atoms with Crippen molar-refractivity contribution < 1.29 is 14.7 Å². The average Bonchev–Trinajstić information content (AvgIpc) is 3.28. The summed E-state index contributed by atoms with van der Waals surface area (Å²) < 4.78 is 1.53. The molecule has 2 unspecified atom stereocenters. The Hall–Kier alpha value is -2.81. The maximum absolute atomic E-state index is 13.2. The molecule has 0 radical (unpaired) electrons. The minimum atomic E-state index is -0.717. The first kappa shape index (κ1) is 19.0. The molecular weight excluding hydrogens is 348 g/mol. The van der Waals surface area contributed by atoms with Gasteiger partial charge in [-0.1, -0.05) is 19.1 Å². The van der Waals surface area contributed by atoms with Crippen LogP contribution in [-0.4, -0.2) is 67.5 Å². The number of likely N-dealkylation sites (N-methyl/N-ethyl adjacent to an activating group) is 1. The summed E-state index contributed by atoms with van der Waals surface area (Å²) in [6, 6.07) is 2.37. The lowest BCUT2D eigenvalue weighted by Gasteiger charge is -2.29. The van der Waals surface area contributed by atoms with Crippen molar-refractivity contribution in [3.8, 4) is 11.3 Å².